The van der Waals surface area contributed by atoms with E-state index < -0.39 is 8.07 Å². The van der Waals surface area contributed by atoms with E-state index in [4.69, 9.17) is 9.97 Å². The molecule has 1 aliphatic heterocycles. The second-order valence-corrected chi connectivity index (χ2v) is 15.7. The molecule has 0 spiro atoms. The van der Waals surface area contributed by atoms with Crippen LogP contribution in [0.4, 0.5) is 0 Å². The molecule has 7 rings (SSSR count). The fourth-order valence-electron chi connectivity index (χ4n) is 6.47. The summed E-state index contributed by atoms with van der Waals surface area (Å²) in [5, 5.41) is 2.71. The predicted octanol–water partition coefficient (Wildman–Crippen LogP) is 8.90. The van der Waals surface area contributed by atoms with Crippen LogP contribution in [-0.4, -0.2) is 28.0 Å². The Balaban J connectivity index is 1.50. The quantitative estimate of drug-likeness (QED) is 0.191. The van der Waals surface area contributed by atoms with E-state index in [0.717, 1.165) is 40.6 Å². The maximum Gasteiger partial charge on any atom is 0.119 e. The highest BCUT2D eigenvalue weighted by Crippen LogP contribution is 2.54. The molecule has 5 heterocycles. The smallest absolute Gasteiger partial charge is 0.119 e. The van der Waals surface area contributed by atoms with Crippen LogP contribution >= 0.6 is 0 Å². The Morgan fingerprint density at radius 3 is 1.67 bits per heavy atom. The molecular weight excluding hydrogens is 541 g/mol. The van der Waals surface area contributed by atoms with Crippen molar-refractivity contribution < 1.29 is 0 Å². The van der Waals surface area contributed by atoms with Crippen LogP contribution < -0.4 is 0 Å². The number of nitrogens with zero attached hydrogens (tertiary/aromatic N) is 4. The van der Waals surface area contributed by atoms with Crippen LogP contribution in [0.2, 0.25) is 13.1 Å². The first-order valence-electron chi connectivity index (χ1n) is 14.8. The number of allylic oxidation sites excluding steroid dienone is 6. The Hall–Kier alpha value is -5.00. The largest absolute Gasteiger partial charge is 0.255 e. The molecule has 4 aromatic heterocycles. The van der Waals surface area contributed by atoms with Crippen LogP contribution in [0.25, 0.3) is 38.7 Å². The first-order valence-corrected chi connectivity index (χ1v) is 17.8. The molecule has 0 fully saturated rings. The van der Waals surface area contributed by atoms with Gasteiger partial charge >= 0.3 is 0 Å². The summed E-state index contributed by atoms with van der Waals surface area (Å²) < 4.78 is 0. The highest BCUT2D eigenvalue weighted by molar-refractivity contribution is 7.11. The number of benzene rings is 1. The van der Waals surface area contributed by atoms with Gasteiger partial charge in [0.15, 0.2) is 0 Å². The summed E-state index contributed by atoms with van der Waals surface area (Å²) in [7, 11) is -2.39. The third-order valence-electron chi connectivity index (χ3n) is 8.32. The van der Waals surface area contributed by atoms with Gasteiger partial charge in [-0.05, 0) is 82.1 Å². The average molecular weight is 573 g/mol. The first kappa shape index (κ1) is 26.9. The van der Waals surface area contributed by atoms with Gasteiger partial charge in [-0.15, -0.1) is 0 Å². The van der Waals surface area contributed by atoms with Crippen LogP contribution in [0.1, 0.15) is 23.4 Å². The Bertz CT molecular complexity index is 1910. The third-order valence-corrected chi connectivity index (χ3v) is 11.8. The minimum atomic E-state index is -2.39. The van der Waals surface area contributed by atoms with Crippen molar-refractivity contribution in [1.82, 2.24) is 19.9 Å². The predicted molar refractivity (Wildman–Crippen MR) is 179 cm³/mol. The van der Waals surface area contributed by atoms with Crippen molar-refractivity contribution in [1.29, 1.82) is 0 Å². The molecule has 43 heavy (non-hydrogen) atoms. The lowest BCUT2D eigenvalue weighted by molar-refractivity contribution is 0.796. The lowest BCUT2D eigenvalue weighted by Gasteiger charge is -2.26. The van der Waals surface area contributed by atoms with E-state index in [1.54, 1.807) is 0 Å². The van der Waals surface area contributed by atoms with Gasteiger partial charge in [0.2, 0.25) is 0 Å². The molecule has 2 aliphatic rings. The summed E-state index contributed by atoms with van der Waals surface area (Å²) in [4.78, 5) is 19.8. The van der Waals surface area contributed by atoms with Crippen LogP contribution in [0.5, 0.6) is 0 Å². The topological polar surface area (TPSA) is 51.6 Å². The summed E-state index contributed by atoms with van der Waals surface area (Å²) in [6.45, 7) is 4.92. The number of pyridine rings is 4. The molecule has 0 saturated heterocycles. The lowest BCUT2D eigenvalue weighted by Crippen LogP contribution is -2.29. The van der Waals surface area contributed by atoms with Gasteiger partial charge in [-0.1, -0.05) is 92.0 Å². The van der Waals surface area contributed by atoms with Crippen molar-refractivity contribution in [3.05, 3.63) is 162 Å². The zero-order chi connectivity index (χ0) is 29.2. The molecule has 0 radical (unpaired) electrons. The first-order chi connectivity index (χ1) is 21.1. The van der Waals surface area contributed by atoms with E-state index in [0.29, 0.717) is 0 Å². The van der Waals surface area contributed by atoms with Crippen molar-refractivity contribution in [2.24, 2.45) is 5.92 Å². The van der Waals surface area contributed by atoms with Crippen molar-refractivity contribution in [3.63, 3.8) is 0 Å². The van der Waals surface area contributed by atoms with Gasteiger partial charge in [-0.2, -0.15) is 0 Å². The fourth-order valence-corrected chi connectivity index (χ4v) is 10.2. The highest BCUT2D eigenvalue weighted by Gasteiger charge is 2.46. The minimum absolute atomic E-state index is 0.235. The van der Waals surface area contributed by atoms with Gasteiger partial charge in [0, 0.05) is 18.3 Å². The molecule has 1 unspecified atom stereocenters. The zero-order valence-corrected chi connectivity index (χ0v) is 25.4. The Kier molecular flexibility index (Phi) is 7.09. The molecule has 0 N–H and O–H groups in total. The SMILES string of the molecule is C[Si]1(C)C(c2cccc(-c3ccccn3)n2)=C(c2ccccc2)C(C2C=CC=CC2)=C1c1cccc(-c2ccccn2)n1. The van der Waals surface area contributed by atoms with Crippen LogP contribution in [0.15, 0.2) is 145 Å². The molecule has 0 saturated carbocycles. The van der Waals surface area contributed by atoms with E-state index in [1.807, 2.05) is 48.8 Å². The van der Waals surface area contributed by atoms with Gasteiger partial charge in [-0.25, -0.2) is 9.97 Å². The third kappa shape index (κ3) is 5.02. The molecule has 5 heteroatoms. The number of aromatic nitrogens is 4. The Labute approximate surface area is 254 Å². The van der Waals surface area contributed by atoms with E-state index in [-0.39, 0.29) is 5.92 Å². The van der Waals surface area contributed by atoms with Gasteiger partial charge < -0.3 is 0 Å². The van der Waals surface area contributed by atoms with Crippen LogP contribution in [-0.2, 0) is 0 Å². The van der Waals surface area contributed by atoms with Gasteiger partial charge in [0.1, 0.15) is 8.07 Å². The van der Waals surface area contributed by atoms with Crippen molar-refractivity contribution in [2.75, 3.05) is 0 Å². The molecule has 1 aromatic carbocycles. The lowest BCUT2D eigenvalue weighted by atomic mass is 9.83. The monoisotopic (exact) mass is 572 g/mol. The summed E-state index contributed by atoms with van der Waals surface area (Å²) >= 11 is 0. The van der Waals surface area contributed by atoms with E-state index in [9.17, 15) is 0 Å². The molecule has 0 amide bonds. The van der Waals surface area contributed by atoms with Crippen molar-refractivity contribution in [3.8, 4) is 22.8 Å². The highest BCUT2D eigenvalue weighted by atomic mass is 28.3. The molecule has 5 aromatic rings. The minimum Gasteiger partial charge on any atom is -0.255 e. The summed E-state index contributed by atoms with van der Waals surface area (Å²) in [5.41, 5.74) is 9.46. The van der Waals surface area contributed by atoms with E-state index in [2.05, 4.69) is 114 Å². The molecule has 4 nitrogen and oxygen atoms in total. The summed E-state index contributed by atoms with van der Waals surface area (Å²) in [6, 6.07) is 35.5. The standard InChI is InChI=1S/C38H32N4Si/c1-43(2)37(33-23-13-21-31(41-33)29-19-9-11-25-39-29)35(27-15-5-3-6-16-27)36(28-17-7-4-8-18-28)38(43)34-24-14-22-32(42-34)30-20-10-12-26-40-30/h3-17,19-26,28H,18H2,1-2H3. The molecule has 1 atom stereocenters. The summed E-state index contributed by atoms with van der Waals surface area (Å²) in [6.07, 6.45) is 13.6. The number of hydrogen-bond acceptors (Lipinski definition) is 4. The number of rotatable bonds is 6. The summed E-state index contributed by atoms with van der Waals surface area (Å²) in [5.74, 6) is 0.235. The average Bonchev–Trinajstić information content (AvgIpc) is 3.33. The zero-order valence-electron chi connectivity index (χ0n) is 24.4. The molecular formula is C38H32N4Si. The van der Waals surface area contributed by atoms with Gasteiger partial charge in [-0.3, -0.25) is 9.97 Å². The van der Waals surface area contributed by atoms with Crippen LogP contribution in [0.3, 0.4) is 0 Å². The van der Waals surface area contributed by atoms with Gasteiger partial charge in [0.05, 0.1) is 34.2 Å². The second-order valence-electron chi connectivity index (χ2n) is 11.4. The van der Waals surface area contributed by atoms with Crippen LogP contribution in [0, 0.1) is 5.92 Å². The number of hydrogen-bond donors (Lipinski definition) is 0. The van der Waals surface area contributed by atoms with Crippen molar-refractivity contribution in [2.45, 2.75) is 19.5 Å². The second kappa shape index (κ2) is 11.3. The van der Waals surface area contributed by atoms with Crippen molar-refractivity contribution >= 4 is 24.0 Å². The maximum atomic E-state index is 5.30. The molecule has 1 aliphatic carbocycles. The van der Waals surface area contributed by atoms with E-state index >= 15 is 0 Å². The fraction of sp³-hybridized carbons (Fsp3) is 0.105. The van der Waals surface area contributed by atoms with Gasteiger partial charge in [0.25, 0.3) is 0 Å². The normalized spacial score (nSPS) is 17.5. The Morgan fingerprint density at radius 1 is 0.558 bits per heavy atom. The molecule has 0 bridgehead atoms. The Morgan fingerprint density at radius 2 is 1.12 bits per heavy atom. The molecule has 208 valence electrons. The maximum absolute atomic E-state index is 5.30. The van der Waals surface area contributed by atoms with E-state index in [1.165, 1.54) is 27.1 Å².